The molecule has 3 N–H and O–H groups in total. The molecule has 9 heteroatoms. The Morgan fingerprint density at radius 3 is 2.49 bits per heavy atom. The van der Waals surface area contributed by atoms with Crippen molar-refractivity contribution in [3.63, 3.8) is 0 Å². The summed E-state index contributed by atoms with van der Waals surface area (Å²) in [5.74, 6) is 0.750. The van der Waals surface area contributed by atoms with Crippen molar-refractivity contribution >= 4 is 17.8 Å². The summed E-state index contributed by atoms with van der Waals surface area (Å²) in [7, 11) is 1.99. The van der Waals surface area contributed by atoms with Crippen LogP contribution < -0.4 is 10.6 Å². The van der Waals surface area contributed by atoms with E-state index in [0.717, 1.165) is 50.7 Å². The number of aliphatic hydroxyl groups excluding tert-OH is 1. The number of aryl methyl sites for hydroxylation is 1. The topological polar surface area (TPSA) is 97.6 Å². The van der Waals surface area contributed by atoms with Gasteiger partial charge in [0.2, 0.25) is 0 Å². The van der Waals surface area contributed by atoms with Crippen LogP contribution in [0.1, 0.15) is 48.0 Å². The van der Waals surface area contributed by atoms with Gasteiger partial charge >= 0.3 is 6.03 Å². The van der Waals surface area contributed by atoms with Gasteiger partial charge in [0, 0.05) is 50.3 Å². The zero-order valence-electron chi connectivity index (χ0n) is 23.3. The molecule has 1 aliphatic rings. The predicted molar refractivity (Wildman–Crippen MR) is 160 cm³/mol. The first-order valence-electron chi connectivity index (χ1n) is 13.8. The minimum absolute atomic E-state index is 0.0119. The molecule has 4 aromatic rings. The second-order valence-corrected chi connectivity index (χ2v) is 11.0. The van der Waals surface area contributed by atoms with Gasteiger partial charge in [-0.2, -0.15) is 0 Å². The maximum absolute atomic E-state index is 11.9. The van der Waals surface area contributed by atoms with Gasteiger partial charge in [-0.1, -0.05) is 84.6 Å². The molecule has 1 aliphatic heterocycles. The van der Waals surface area contributed by atoms with E-state index in [0.29, 0.717) is 13.1 Å². The molecule has 3 atom stereocenters. The molecule has 0 saturated carbocycles. The zero-order chi connectivity index (χ0) is 28.6. The van der Waals surface area contributed by atoms with Crippen molar-refractivity contribution in [3.8, 4) is 11.1 Å². The Balaban J connectivity index is 1.34. The van der Waals surface area contributed by atoms with Gasteiger partial charge in [0.1, 0.15) is 0 Å². The van der Waals surface area contributed by atoms with Crippen LogP contribution in [0.2, 0.25) is 0 Å². The van der Waals surface area contributed by atoms with Crippen molar-refractivity contribution < 1.29 is 19.4 Å². The van der Waals surface area contributed by atoms with Crippen LogP contribution in [0.15, 0.2) is 90.3 Å². The number of amides is 2. The average molecular weight is 573 g/mol. The molecule has 1 saturated heterocycles. The monoisotopic (exact) mass is 572 g/mol. The van der Waals surface area contributed by atoms with E-state index in [-0.39, 0.29) is 24.8 Å². The van der Waals surface area contributed by atoms with Crippen molar-refractivity contribution in [2.45, 2.75) is 50.2 Å². The predicted octanol–water partition coefficient (Wildman–Crippen LogP) is 5.74. The van der Waals surface area contributed by atoms with Crippen molar-refractivity contribution in [2.75, 3.05) is 12.3 Å². The first kappa shape index (κ1) is 28.9. The second kappa shape index (κ2) is 13.8. The van der Waals surface area contributed by atoms with Gasteiger partial charge in [0.25, 0.3) is 0 Å². The number of nitrogens with zero attached hydrogens (tertiary/aromatic N) is 2. The van der Waals surface area contributed by atoms with Crippen LogP contribution in [0.3, 0.4) is 0 Å². The maximum atomic E-state index is 11.9. The van der Waals surface area contributed by atoms with Gasteiger partial charge in [-0.15, -0.1) is 0 Å². The highest BCUT2D eigenvalue weighted by atomic mass is 32.2. The molecule has 0 bridgehead atoms. The SMILES string of the molecule is CCNC(=O)NCc1ccccc1-c1ccc(C2OC(CSc3nccn3C)CC(c3ccc(CO)cc3)O2)cc1. The third-order valence-electron chi connectivity index (χ3n) is 7.08. The zero-order valence-corrected chi connectivity index (χ0v) is 24.1. The number of thioether (sulfide) groups is 1. The number of aliphatic hydroxyl groups is 1. The highest BCUT2D eigenvalue weighted by molar-refractivity contribution is 7.99. The second-order valence-electron chi connectivity index (χ2n) is 9.97. The maximum Gasteiger partial charge on any atom is 0.315 e. The molecule has 5 rings (SSSR count). The molecule has 214 valence electrons. The van der Waals surface area contributed by atoms with Crippen LogP contribution >= 0.6 is 11.8 Å². The van der Waals surface area contributed by atoms with Crippen molar-refractivity contribution in [1.29, 1.82) is 0 Å². The lowest BCUT2D eigenvalue weighted by Crippen LogP contribution is -2.34. The Hall–Kier alpha value is -3.63. The standard InChI is InChI=1S/C32H36N4O4S/c1-3-33-31(38)35-19-26-6-4-5-7-28(26)23-12-14-25(15-13-23)30-39-27(21-41-32-34-16-17-36(32)2)18-29(40-30)24-10-8-22(20-37)9-11-24/h4-17,27,29-30,37H,3,18-21H2,1-2H3,(H2,33,35,38). The van der Waals surface area contributed by atoms with Gasteiger partial charge in [-0.25, -0.2) is 9.78 Å². The Morgan fingerprint density at radius 2 is 1.78 bits per heavy atom. The minimum Gasteiger partial charge on any atom is -0.392 e. The van der Waals surface area contributed by atoms with Gasteiger partial charge in [0.05, 0.1) is 18.8 Å². The van der Waals surface area contributed by atoms with E-state index >= 15 is 0 Å². The van der Waals surface area contributed by atoms with Crippen molar-refractivity contribution in [3.05, 3.63) is 107 Å². The molecule has 0 aliphatic carbocycles. The molecule has 1 aromatic heterocycles. The van der Waals surface area contributed by atoms with Gasteiger partial charge in [-0.05, 0) is 34.7 Å². The fourth-order valence-corrected chi connectivity index (χ4v) is 5.81. The molecule has 0 radical (unpaired) electrons. The van der Waals surface area contributed by atoms with E-state index in [1.165, 1.54) is 0 Å². The fourth-order valence-electron chi connectivity index (χ4n) is 4.86. The van der Waals surface area contributed by atoms with E-state index in [1.807, 2.05) is 79.3 Å². The fraction of sp³-hybridized carbons (Fsp3) is 0.312. The van der Waals surface area contributed by atoms with E-state index in [9.17, 15) is 9.90 Å². The minimum atomic E-state index is -0.526. The lowest BCUT2D eigenvalue weighted by molar-refractivity contribution is -0.245. The summed E-state index contributed by atoms with van der Waals surface area (Å²) in [5, 5.41) is 16.1. The molecule has 3 aromatic carbocycles. The lowest BCUT2D eigenvalue weighted by atomic mass is 9.98. The van der Waals surface area contributed by atoms with Gasteiger partial charge in [0.15, 0.2) is 11.4 Å². The number of carbonyl (C=O) groups excluding carboxylic acids is 1. The number of nitrogens with one attached hydrogen (secondary N) is 2. The molecule has 2 amide bonds. The van der Waals surface area contributed by atoms with Crippen molar-refractivity contribution in [2.24, 2.45) is 7.05 Å². The molecule has 3 unspecified atom stereocenters. The highest BCUT2D eigenvalue weighted by Gasteiger charge is 2.32. The lowest BCUT2D eigenvalue weighted by Gasteiger charge is -2.36. The number of imidazole rings is 1. The van der Waals surface area contributed by atoms with Crippen LogP contribution in [0.5, 0.6) is 0 Å². The Morgan fingerprint density at radius 1 is 1.02 bits per heavy atom. The van der Waals surface area contributed by atoms with Gasteiger partial charge < -0.3 is 29.8 Å². The van der Waals surface area contributed by atoms with Crippen LogP contribution in [-0.2, 0) is 29.7 Å². The number of benzene rings is 3. The molecule has 0 spiro atoms. The van der Waals surface area contributed by atoms with Crippen LogP contribution in [0, 0.1) is 0 Å². The summed E-state index contributed by atoms with van der Waals surface area (Å²) in [6.07, 6.45) is 3.75. The molecule has 41 heavy (non-hydrogen) atoms. The largest absolute Gasteiger partial charge is 0.392 e. The summed E-state index contributed by atoms with van der Waals surface area (Å²) in [5.41, 5.74) is 6.03. The number of aromatic nitrogens is 2. The summed E-state index contributed by atoms with van der Waals surface area (Å²) in [6, 6.07) is 24.1. The van der Waals surface area contributed by atoms with Gasteiger partial charge in [-0.3, -0.25) is 0 Å². The van der Waals surface area contributed by atoms with Crippen molar-refractivity contribution in [1.82, 2.24) is 20.2 Å². The number of hydrogen-bond donors (Lipinski definition) is 3. The number of carbonyl (C=O) groups is 1. The molecule has 2 heterocycles. The molecule has 8 nitrogen and oxygen atoms in total. The summed E-state index contributed by atoms with van der Waals surface area (Å²) < 4.78 is 15.0. The molecular weight excluding hydrogens is 536 g/mol. The first-order chi connectivity index (χ1) is 20.0. The molecular formula is C32H36N4O4S. The number of rotatable bonds is 10. The molecule has 1 fully saturated rings. The summed E-state index contributed by atoms with van der Waals surface area (Å²) >= 11 is 1.68. The van der Waals surface area contributed by atoms with Crippen LogP contribution in [0.25, 0.3) is 11.1 Å². The normalized spacial score (nSPS) is 18.7. The number of urea groups is 1. The third-order valence-corrected chi connectivity index (χ3v) is 8.27. The van der Waals surface area contributed by atoms with Crippen LogP contribution in [-0.4, -0.2) is 39.1 Å². The number of ether oxygens (including phenoxy) is 2. The highest BCUT2D eigenvalue weighted by Crippen LogP contribution is 2.40. The Kier molecular flexibility index (Phi) is 9.74. The summed E-state index contributed by atoms with van der Waals surface area (Å²) in [6.45, 7) is 2.92. The summed E-state index contributed by atoms with van der Waals surface area (Å²) in [4.78, 5) is 16.4. The quantitative estimate of drug-likeness (QED) is 0.210. The average Bonchev–Trinajstić information content (AvgIpc) is 3.43. The van der Waals surface area contributed by atoms with E-state index in [4.69, 9.17) is 9.47 Å². The van der Waals surface area contributed by atoms with E-state index < -0.39 is 6.29 Å². The first-order valence-corrected chi connectivity index (χ1v) is 14.8. The van der Waals surface area contributed by atoms with Crippen LogP contribution in [0.4, 0.5) is 4.79 Å². The van der Waals surface area contributed by atoms with E-state index in [2.05, 4.69) is 33.8 Å². The smallest absolute Gasteiger partial charge is 0.315 e. The third kappa shape index (κ3) is 7.37. The Bertz CT molecular complexity index is 1420. The Labute approximate surface area is 245 Å². The number of hydrogen-bond acceptors (Lipinski definition) is 6. The van der Waals surface area contributed by atoms with E-state index in [1.54, 1.807) is 18.0 Å².